The molecule has 116 valence electrons. The van der Waals surface area contributed by atoms with Gasteiger partial charge < -0.3 is 19.1 Å². The molecule has 3 rings (SSSR count). The Bertz CT molecular complexity index is 725. The molecule has 1 aromatic heterocycles. The fraction of sp³-hybridized carbons (Fsp3) is 0.333. The second-order valence-electron chi connectivity index (χ2n) is 4.82. The van der Waals surface area contributed by atoms with E-state index >= 15 is 0 Å². The lowest BCUT2D eigenvalue weighted by molar-refractivity contribution is 0.0652. The van der Waals surface area contributed by atoms with Crippen molar-refractivity contribution in [2.24, 2.45) is 0 Å². The van der Waals surface area contributed by atoms with Crippen LogP contribution in [0.1, 0.15) is 29.5 Å². The zero-order valence-corrected chi connectivity index (χ0v) is 12.6. The Hall–Kier alpha value is -2.21. The largest absolute Gasteiger partial charge is 0.489 e. The lowest BCUT2D eigenvalue weighted by Gasteiger charge is -2.16. The third-order valence-electron chi connectivity index (χ3n) is 3.42. The average Bonchev–Trinajstić information content (AvgIpc) is 2.86. The number of aromatic nitrogens is 1. The molecule has 6 nitrogen and oxygen atoms in total. The van der Waals surface area contributed by atoms with Gasteiger partial charge in [0.1, 0.15) is 5.69 Å². The maximum Gasteiger partial charge on any atom is 0.374 e. The van der Waals surface area contributed by atoms with E-state index < -0.39 is 5.97 Å². The topological polar surface area (TPSA) is 81.8 Å². The number of hydrogen-bond donors (Lipinski definition) is 1. The smallest absolute Gasteiger partial charge is 0.374 e. The van der Waals surface area contributed by atoms with Crippen molar-refractivity contribution in [1.29, 1.82) is 0 Å². The van der Waals surface area contributed by atoms with Crippen molar-refractivity contribution in [2.45, 2.75) is 19.8 Å². The number of fused-ring (bicyclic) bond motifs is 1. The van der Waals surface area contributed by atoms with Gasteiger partial charge in [-0.3, -0.25) is 0 Å². The number of rotatable bonds is 3. The molecule has 0 spiro atoms. The molecule has 0 saturated carbocycles. The number of carboxylic acids is 1. The predicted octanol–water partition coefficient (Wildman–Crippen LogP) is 3.42. The minimum atomic E-state index is -1.18. The van der Waals surface area contributed by atoms with Crippen molar-refractivity contribution >= 4 is 17.6 Å². The highest BCUT2D eigenvalue weighted by atomic mass is 35.5. The van der Waals surface area contributed by atoms with Crippen molar-refractivity contribution in [2.75, 3.05) is 13.2 Å². The van der Waals surface area contributed by atoms with Crippen LogP contribution in [0, 0.1) is 0 Å². The minimum Gasteiger partial charge on any atom is -0.489 e. The SMILES string of the molecule is CCc1c2c(cc(Cl)c1-c1cc(C(=O)O)on1)OCCCO2. The molecule has 0 atom stereocenters. The molecule has 1 aromatic carbocycles. The van der Waals surface area contributed by atoms with Gasteiger partial charge in [0.05, 0.1) is 18.2 Å². The van der Waals surface area contributed by atoms with Gasteiger partial charge in [-0.15, -0.1) is 0 Å². The fourth-order valence-electron chi connectivity index (χ4n) is 2.45. The first kappa shape index (κ1) is 14.7. The first-order chi connectivity index (χ1) is 10.6. The molecule has 0 unspecified atom stereocenters. The molecule has 7 heteroatoms. The van der Waals surface area contributed by atoms with Crippen molar-refractivity contribution in [3.63, 3.8) is 0 Å². The maximum absolute atomic E-state index is 11.0. The number of benzene rings is 1. The Morgan fingerprint density at radius 2 is 2.14 bits per heavy atom. The molecule has 0 aliphatic carbocycles. The zero-order chi connectivity index (χ0) is 15.7. The van der Waals surface area contributed by atoms with Crippen LogP contribution in [0.5, 0.6) is 11.5 Å². The Balaban J connectivity index is 2.17. The summed E-state index contributed by atoms with van der Waals surface area (Å²) in [5.74, 6) is -0.174. The Labute approximate surface area is 131 Å². The van der Waals surface area contributed by atoms with Crippen LogP contribution >= 0.6 is 11.6 Å². The summed E-state index contributed by atoms with van der Waals surface area (Å²) < 4.78 is 16.3. The number of hydrogen-bond acceptors (Lipinski definition) is 5. The quantitative estimate of drug-likeness (QED) is 0.932. The van der Waals surface area contributed by atoms with Crippen LogP contribution in [-0.4, -0.2) is 29.4 Å². The monoisotopic (exact) mass is 323 g/mol. The summed E-state index contributed by atoms with van der Waals surface area (Å²) in [4.78, 5) is 11.0. The molecule has 2 aromatic rings. The van der Waals surface area contributed by atoms with E-state index in [1.807, 2.05) is 6.92 Å². The van der Waals surface area contributed by atoms with E-state index in [0.29, 0.717) is 47.4 Å². The molecule has 0 fully saturated rings. The van der Waals surface area contributed by atoms with Gasteiger partial charge in [-0.05, 0) is 6.42 Å². The van der Waals surface area contributed by atoms with Crippen LogP contribution in [0.2, 0.25) is 5.02 Å². The lowest BCUT2D eigenvalue weighted by atomic mass is 10.00. The summed E-state index contributed by atoms with van der Waals surface area (Å²) in [5.41, 5.74) is 1.81. The van der Waals surface area contributed by atoms with Crippen LogP contribution in [0.4, 0.5) is 0 Å². The fourth-order valence-corrected chi connectivity index (χ4v) is 2.76. The van der Waals surface area contributed by atoms with Gasteiger partial charge in [-0.1, -0.05) is 23.7 Å². The Morgan fingerprint density at radius 1 is 1.36 bits per heavy atom. The van der Waals surface area contributed by atoms with Gasteiger partial charge in [0.2, 0.25) is 5.76 Å². The Morgan fingerprint density at radius 3 is 2.82 bits per heavy atom. The molecular formula is C15H14ClNO5. The maximum atomic E-state index is 11.0. The van der Waals surface area contributed by atoms with Gasteiger partial charge in [0.25, 0.3) is 0 Å². The number of nitrogens with zero attached hydrogens (tertiary/aromatic N) is 1. The highest BCUT2D eigenvalue weighted by molar-refractivity contribution is 6.33. The van der Waals surface area contributed by atoms with Crippen molar-refractivity contribution in [3.8, 4) is 22.8 Å². The molecule has 0 radical (unpaired) electrons. The zero-order valence-electron chi connectivity index (χ0n) is 11.9. The van der Waals surface area contributed by atoms with Crippen LogP contribution in [0.15, 0.2) is 16.7 Å². The first-order valence-corrected chi connectivity index (χ1v) is 7.31. The summed E-state index contributed by atoms with van der Waals surface area (Å²) in [6.07, 6.45) is 1.43. The third kappa shape index (κ3) is 2.50. The molecule has 0 saturated heterocycles. The van der Waals surface area contributed by atoms with Crippen LogP contribution in [0.25, 0.3) is 11.3 Å². The van der Waals surface area contributed by atoms with E-state index in [9.17, 15) is 4.79 Å². The average molecular weight is 324 g/mol. The van der Waals surface area contributed by atoms with E-state index in [0.717, 1.165) is 12.0 Å². The van der Waals surface area contributed by atoms with E-state index in [-0.39, 0.29) is 5.76 Å². The van der Waals surface area contributed by atoms with Crippen LogP contribution < -0.4 is 9.47 Å². The second kappa shape index (κ2) is 5.88. The molecule has 22 heavy (non-hydrogen) atoms. The molecule has 1 aliphatic rings. The Kier molecular flexibility index (Phi) is 3.94. The number of carbonyl (C=O) groups is 1. The molecule has 1 aliphatic heterocycles. The highest BCUT2D eigenvalue weighted by Gasteiger charge is 2.24. The van der Waals surface area contributed by atoms with E-state index in [2.05, 4.69) is 5.16 Å². The summed E-state index contributed by atoms with van der Waals surface area (Å²) in [6, 6.07) is 3.03. The van der Waals surface area contributed by atoms with Crippen molar-refractivity contribution in [3.05, 3.63) is 28.5 Å². The molecule has 0 bridgehead atoms. The predicted molar refractivity (Wildman–Crippen MR) is 78.9 cm³/mol. The van der Waals surface area contributed by atoms with Crippen molar-refractivity contribution in [1.82, 2.24) is 5.16 Å². The first-order valence-electron chi connectivity index (χ1n) is 6.93. The lowest BCUT2D eigenvalue weighted by Crippen LogP contribution is -2.00. The number of aromatic carboxylic acids is 1. The number of halogens is 1. The van der Waals surface area contributed by atoms with Crippen LogP contribution in [-0.2, 0) is 6.42 Å². The van der Waals surface area contributed by atoms with Gasteiger partial charge >= 0.3 is 5.97 Å². The summed E-state index contributed by atoms with van der Waals surface area (Å²) in [5, 5.41) is 13.2. The summed E-state index contributed by atoms with van der Waals surface area (Å²) in [6.45, 7) is 3.08. The molecular weight excluding hydrogens is 310 g/mol. The molecule has 2 heterocycles. The normalized spacial score (nSPS) is 13.7. The van der Waals surface area contributed by atoms with Gasteiger partial charge in [0, 0.05) is 29.7 Å². The molecule has 1 N–H and O–H groups in total. The minimum absolute atomic E-state index is 0.236. The van der Waals surface area contributed by atoms with Gasteiger partial charge in [-0.2, -0.15) is 0 Å². The standard InChI is InChI=1S/C15H14ClNO5/c1-2-8-13(10-7-12(15(18)19)22-17-10)9(16)6-11-14(8)21-5-3-4-20-11/h6-7H,2-5H2,1H3,(H,18,19). The summed E-state index contributed by atoms with van der Waals surface area (Å²) in [7, 11) is 0. The second-order valence-corrected chi connectivity index (χ2v) is 5.23. The number of ether oxygens (including phenoxy) is 2. The number of carboxylic acid groups (broad SMARTS) is 1. The molecule has 0 amide bonds. The van der Waals surface area contributed by atoms with E-state index in [1.165, 1.54) is 6.07 Å². The van der Waals surface area contributed by atoms with E-state index in [4.69, 9.17) is 30.7 Å². The van der Waals surface area contributed by atoms with Gasteiger partial charge in [-0.25, -0.2) is 4.79 Å². The van der Waals surface area contributed by atoms with E-state index in [1.54, 1.807) is 6.07 Å². The van der Waals surface area contributed by atoms with Gasteiger partial charge in [0.15, 0.2) is 11.5 Å². The van der Waals surface area contributed by atoms with Crippen molar-refractivity contribution < 1.29 is 23.9 Å². The highest BCUT2D eigenvalue weighted by Crippen LogP contribution is 2.44. The van der Waals surface area contributed by atoms with Crippen LogP contribution in [0.3, 0.4) is 0 Å². The third-order valence-corrected chi connectivity index (χ3v) is 3.72. The summed E-state index contributed by atoms with van der Waals surface area (Å²) >= 11 is 6.36.